The van der Waals surface area contributed by atoms with Gasteiger partial charge in [-0.25, -0.2) is 0 Å². The van der Waals surface area contributed by atoms with Crippen LogP contribution in [0.1, 0.15) is 43.6 Å². The molecule has 1 aliphatic carbocycles. The minimum Gasteiger partial charge on any atom is -0.360 e. The number of aryl methyl sites for hydroxylation is 1. The molecule has 0 amide bonds. The van der Waals surface area contributed by atoms with Crippen molar-refractivity contribution in [3.8, 4) is 0 Å². The summed E-state index contributed by atoms with van der Waals surface area (Å²) in [5.41, 5.74) is 1.36. The molecule has 1 aliphatic heterocycles. The van der Waals surface area contributed by atoms with Crippen LogP contribution in [0.4, 0.5) is 0 Å². The fourth-order valence-electron chi connectivity index (χ4n) is 3.51. The lowest BCUT2D eigenvalue weighted by atomic mass is 9.79. The van der Waals surface area contributed by atoms with Crippen molar-refractivity contribution in [3.63, 3.8) is 0 Å². The van der Waals surface area contributed by atoms with Crippen molar-refractivity contribution in [2.45, 2.75) is 51.1 Å². The molecule has 4 heteroatoms. The molecular formula is C14H23N3O. The second-order valence-electron chi connectivity index (χ2n) is 5.82. The van der Waals surface area contributed by atoms with E-state index in [4.69, 9.17) is 4.52 Å². The molecule has 2 fully saturated rings. The van der Waals surface area contributed by atoms with Crippen LogP contribution in [0, 0.1) is 6.92 Å². The Kier molecular flexibility index (Phi) is 3.39. The lowest BCUT2D eigenvalue weighted by Gasteiger charge is -2.49. The van der Waals surface area contributed by atoms with Gasteiger partial charge in [0.15, 0.2) is 5.76 Å². The molecule has 0 aromatic carbocycles. The Morgan fingerprint density at radius 1 is 1.39 bits per heavy atom. The number of rotatable bonds is 2. The Morgan fingerprint density at radius 3 is 2.94 bits per heavy atom. The van der Waals surface area contributed by atoms with Gasteiger partial charge in [0.25, 0.3) is 0 Å². The van der Waals surface area contributed by atoms with Crippen LogP contribution in [0.15, 0.2) is 10.6 Å². The van der Waals surface area contributed by atoms with Crippen LogP contribution in [-0.2, 0) is 6.54 Å². The van der Waals surface area contributed by atoms with Gasteiger partial charge in [-0.3, -0.25) is 4.90 Å². The first-order chi connectivity index (χ1) is 8.78. The highest BCUT2D eigenvalue weighted by molar-refractivity contribution is 5.06. The maximum atomic E-state index is 5.39. The minimum absolute atomic E-state index is 0.372. The van der Waals surface area contributed by atoms with E-state index in [1.165, 1.54) is 32.1 Å². The number of hydrogen-bond acceptors (Lipinski definition) is 4. The lowest BCUT2D eigenvalue weighted by molar-refractivity contribution is 0.0147. The van der Waals surface area contributed by atoms with Crippen molar-refractivity contribution in [3.05, 3.63) is 17.5 Å². The van der Waals surface area contributed by atoms with E-state index >= 15 is 0 Å². The smallest absolute Gasteiger partial charge is 0.150 e. The van der Waals surface area contributed by atoms with Gasteiger partial charge in [0, 0.05) is 31.2 Å². The van der Waals surface area contributed by atoms with Gasteiger partial charge in [0.05, 0.1) is 12.2 Å². The van der Waals surface area contributed by atoms with Crippen LogP contribution in [0.5, 0.6) is 0 Å². The average Bonchev–Trinajstić information content (AvgIpc) is 2.79. The average molecular weight is 249 g/mol. The lowest BCUT2D eigenvalue weighted by Crippen LogP contribution is -2.61. The molecule has 0 unspecified atom stereocenters. The van der Waals surface area contributed by atoms with E-state index < -0.39 is 0 Å². The van der Waals surface area contributed by atoms with Gasteiger partial charge in [-0.1, -0.05) is 24.4 Å². The van der Waals surface area contributed by atoms with E-state index in [0.717, 1.165) is 37.6 Å². The molecule has 4 nitrogen and oxygen atoms in total. The third-order valence-corrected chi connectivity index (χ3v) is 4.49. The van der Waals surface area contributed by atoms with E-state index in [0.29, 0.717) is 5.54 Å². The highest BCUT2D eigenvalue weighted by Crippen LogP contribution is 2.35. The number of nitrogens with zero attached hydrogens (tertiary/aromatic N) is 2. The molecule has 1 saturated carbocycles. The van der Waals surface area contributed by atoms with Gasteiger partial charge in [0.2, 0.25) is 0 Å². The molecule has 2 heterocycles. The van der Waals surface area contributed by atoms with Crippen molar-refractivity contribution < 1.29 is 4.52 Å². The van der Waals surface area contributed by atoms with Crippen LogP contribution < -0.4 is 5.32 Å². The third-order valence-electron chi connectivity index (χ3n) is 4.49. The van der Waals surface area contributed by atoms with Crippen LogP contribution in [0.2, 0.25) is 0 Å². The third kappa shape index (κ3) is 2.31. The maximum absolute atomic E-state index is 5.39. The monoisotopic (exact) mass is 249 g/mol. The SMILES string of the molecule is Cc1cc(CN2CCNCC23CCCCC3)on1. The van der Waals surface area contributed by atoms with Crippen LogP contribution in [0.3, 0.4) is 0 Å². The molecule has 0 bridgehead atoms. The molecule has 100 valence electrons. The number of piperazine rings is 1. The Bertz CT molecular complexity index is 387. The predicted octanol–water partition coefficient (Wildman–Crippen LogP) is 2.09. The predicted molar refractivity (Wildman–Crippen MR) is 70.3 cm³/mol. The zero-order chi connectivity index (χ0) is 12.4. The summed E-state index contributed by atoms with van der Waals surface area (Å²) in [5.74, 6) is 1.01. The van der Waals surface area contributed by atoms with Gasteiger partial charge in [0.1, 0.15) is 0 Å². The van der Waals surface area contributed by atoms with Gasteiger partial charge in [-0.15, -0.1) is 0 Å². The van der Waals surface area contributed by atoms with Crippen molar-refractivity contribution in [2.75, 3.05) is 19.6 Å². The topological polar surface area (TPSA) is 41.3 Å². The molecule has 1 aromatic rings. The van der Waals surface area contributed by atoms with E-state index in [1.54, 1.807) is 0 Å². The molecule has 3 rings (SSSR count). The van der Waals surface area contributed by atoms with Gasteiger partial charge in [-0.2, -0.15) is 0 Å². The summed E-state index contributed by atoms with van der Waals surface area (Å²) in [6.07, 6.45) is 6.79. The van der Waals surface area contributed by atoms with Crippen molar-refractivity contribution in [1.82, 2.24) is 15.4 Å². The minimum atomic E-state index is 0.372. The molecule has 18 heavy (non-hydrogen) atoms. The highest BCUT2D eigenvalue weighted by atomic mass is 16.5. The molecule has 1 saturated heterocycles. The zero-order valence-electron chi connectivity index (χ0n) is 11.2. The molecule has 0 atom stereocenters. The summed E-state index contributed by atoms with van der Waals surface area (Å²) >= 11 is 0. The van der Waals surface area contributed by atoms with E-state index in [-0.39, 0.29) is 0 Å². The molecule has 2 aliphatic rings. The first-order valence-corrected chi connectivity index (χ1v) is 7.17. The number of hydrogen-bond donors (Lipinski definition) is 1. The van der Waals surface area contributed by atoms with Crippen molar-refractivity contribution in [2.24, 2.45) is 0 Å². The van der Waals surface area contributed by atoms with Crippen LogP contribution in [0.25, 0.3) is 0 Å². The second kappa shape index (κ2) is 5.02. The summed E-state index contributed by atoms with van der Waals surface area (Å²) in [5, 5.41) is 7.58. The van der Waals surface area contributed by atoms with E-state index in [2.05, 4.69) is 21.4 Å². The molecule has 1 spiro atoms. The summed E-state index contributed by atoms with van der Waals surface area (Å²) in [4.78, 5) is 2.63. The molecule has 0 radical (unpaired) electrons. The van der Waals surface area contributed by atoms with Crippen molar-refractivity contribution >= 4 is 0 Å². The first kappa shape index (κ1) is 12.2. The summed E-state index contributed by atoms with van der Waals surface area (Å²) in [7, 11) is 0. The summed E-state index contributed by atoms with van der Waals surface area (Å²) in [6.45, 7) is 6.26. The second-order valence-corrected chi connectivity index (χ2v) is 5.82. The first-order valence-electron chi connectivity index (χ1n) is 7.17. The van der Waals surface area contributed by atoms with Gasteiger partial charge in [-0.05, 0) is 19.8 Å². The fourth-order valence-corrected chi connectivity index (χ4v) is 3.51. The largest absolute Gasteiger partial charge is 0.360 e. The maximum Gasteiger partial charge on any atom is 0.150 e. The molecule has 1 aromatic heterocycles. The van der Waals surface area contributed by atoms with Crippen molar-refractivity contribution in [1.29, 1.82) is 0 Å². The number of nitrogens with one attached hydrogen (secondary N) is 1. The Balaban J connectivity index is 1.75. The van der Waals surface area contributed by atoms with Gasteiger partial charge < -0.3 is 9.84 Å². The summed E-state index contributed by atoms with van der Waals surface area (Å²) < 4.78 is 5.39. The normalized spacial score (nSPS) is 24.5. The molecular weight excluding hydrogens is 226 g/mol. The quantitative estimate of drug-likeness (QED) is 0.871. The van der Waals surface area contributed by atoms with E-state index in [9.17, 15) is 0 Å². The standard InChI is InChI=1S/C14H23N3O/c1-12-9-13(18-16-12)10-17-8-7-15-11-14(17)5-3-2-4-6-14/h9,15H,2-8,10-11H2,1H3. The summed E-state index contributed by atoms with van der Waals surface area (Å²) in [6, 6.07) is 2.07. The zero-order valence-corrected chi connectivity index (χ0v) is 11.2. The number of aromatic nitrogens is 1. The van der Waals surface area contributed by atoms with Crippen LogP contribution in [-0.4, -0.2) is 35.2 Å². The Morgan fingerprint density at radius 2 is 2.22 bits per heavy atom. The van der Waals surface area contributed by atoms with Crippen LogP contribution >= 0.6 is 0 Å². The Labute approximate surface area is 109 Å². The molecule has 1 N–H and O–H groups in total. The highest BCUT2D eigenvalue weighted by Gasteiger charge is 2.39. The Hall–Kier alpha value is -0.870. The fraction of sp³-hybridized carbons (Fsp3) is 0.786. The van der Waals surface area contributed by atoms with E-state index in [1.807, 2.05) is 6.92 Å². The van der Waals surface area contributed by atoms with Gasteiger partial charge >= 0.3 is 0 Å².